The predicted octanol–water partition coefficient (Wildman–Crippen LogP) is 2.17. The van der Waals surface area contributed by atoms with Gasteiger partial charge in [0.1, 0.15) is 5.75 Å². The number of carbonyl (C=O) groups excluding carboxylic acids is 1. The molecule has 1 rings (SSSR count). The van der Waals surface area contributed by atoms with Crippen LogP contribution >= 0.6 is 0 Å². The number of carbonyl (C=O) groups is 2. The van der Waals surface area contributed by atoms with Gasteiger partial charge in [0.05, 0.1) is 6.42 Å². The Morgan fingerprint density at radius 3 is 2.48 bits per heavy atom. The maximum atomic E-state index is 12.1. The van der Waals surface area contributed by atoms with Gasteiger partial charge in [-0.15, -0.1) is 6.58 Å². The second-order valence-electron chi connectivity index (χ2n) is 4.78. The number of carboxylic acid groups (broad SMARTS) is 1. The molecule has 0 radical (unpaired) electrons. The number of rotatable bonds is 8. The van der Waals surface area contributed by atoms with Crippen molar-refractivity contribution in [3.05, 3.63) is 42.0 Å². The molecule has 1 aromatic carbocycles. The Bertz CT molecular complexity index is 505. The van der Waals surface area contributed by atoms with E-state index >= 15 is 0 Å². The topological polar surface area (TPSA) is 66.8 Å². The van der Waals surface area contributed by atoms with Gasteiger partial charge in [-0.3, -0.25) is 9.59 Å². The molecule has 0 aliphatic heterocycles. The molecular weight excluding hydrogens is 270 g/mol. The van der Waals surface area contributed by atoms with Crippen LogP contribution in [0.25, 0.3) is 0 Å². The van der Waals surface area contributed by atoms with Crippen molar-refractivity contribution >= 4 is 11.9 Å². The smallest absolute Gasteiger partial charge is 0.305 e. The minimum atomic E-state index is -0.937. The normalized spacial score (nSPS) is 10.0. The molecule has 0 heterocycles. The number of hydrogen-bond acceptors (Lipinski definition) is 3. The van der Waals surface area contributed by atoms with Crippen LogP contribution in [0.4, 0.5) is 0 Å². The lowest BCUT2D eigenvalue weighted by molar-refractivity contribution is -0.138. The third-order valence-corrected chi connectivity index (χ3v) is 3.05. The number of nitrogens with zero attached hydrogens (tertiary/aromatic N) is 1. The number of amides is 1. The predicted molar refractivity (Wildman–Crippen MR) is 80.4 cm³/mol. The summed E-state index contributed by atoms with van der Waals surface area (Å²) in [5.74, 6) is -0.492. The molecule has 114 valence electrons. The third kappa shape index (κ3) is 5.30. The summed E-state index contributed by atoms with van der Waals surface area (Å²) in [6, 6.07) is 5.76. The number of ether oxygens (including phenoxy) is 1. The molecule has 5 heteroatoms. The van der Waals surface area contributed by atoms with Crippen molar-refractivity contribution in [2.45, 2.75) is 20.3 Å². The first-order valence-corrected chi connectivity index (χ1v) is 6.75. The molecule has 1 amide bonds. The Morgan fingerprint density at radius 2 is 1.95 bits per heavy atom. The lowest BCUT2D eigenvalue weighted by atomic mass is 10.1. The Labute approximate surface area is 124 Å². The van der Waals surface area contributed by atoms with E-state index in [-0.39, 0.29) is 25.5 Å². The minimum absolute atomic E-state index is 0.0943. The highest BCUT2D eigenvalue weighted by atomic mass is 16.5. The molecule has 0 aliphatic carbocycles. The van der Waals surface area contributed by atoms with Crippen molar-refractivity contribution in [1.29, 1.82) is 0 Å². The number of benzene rings is 1. The summed E-state index contributed by atoms with van der Waals surface area (Å²) >= 11 is 0. The summed E-state index contributed by atoms with van der Waals surface area (Å²) in [4.78, 5) is 24.1. The van der Waals surface area contributed by atoms with Gasteiger partial charge in [-0.05, 0) is 25.0 Å². The zero-order valence-corrected chi connectivity index (χ0v) is 12.5. The van der Waals surface area contributed by atoms with E-state index in [0.717, 1.165) is 11.1 Å². The first-order valence-electron chi connectivity index (χ1n) is 6.75. The molecule has 0 aliphatic rings. The van der Waals surface area contributed by atoms with Crippen molar-refractivity contribution < 1.29 is 19.4 Å². The molecule has 1 N–H and O–H groups in total. The summed E-state index contributed by atoms with van der Waals surface area (Å²) in [6.07, 6.45) is 1.47. The quantitative estimate of drug-likeness (QED) is 0.745. The van der Waals surface area contributed by atoms with E-state index in [1.807, 2.05) is 32.0 Å². The van der Waals surface area contributed by atoms with Crippen LogP contribution in [0.1, 0.15) is 17.5 Å². The summed E-state index contributed by atoms with van der Waals surface area (Å²) in [5.41, 5.74) is 1.92. The standard InChI is InChI=1S/C16H21NO4/c1-4-9-17(10-8-15(19)20)14(18)11-21-16-12(2)6-5-7-13(16)3/h4-7H,1,8-11H2,2-3H3,(H,19,20). The largest absolute Gasteiger partial charge is 0.483 e. The van der Waals surface area contributed by atoms with E-state index in [2.05, 4.69) is 6.58 Å². The highest BCUT2D eigenvalue weighted by Gasteiger charge is 2.15. The second kappa shape index (κ2) is 8.09. The highest BCUT2D eigenvalue weighted by molar-refractivity contribution is 5.78. The van der Waals surface area contributed by atoms with Crippen molar-refractivity contribution in [1.82, 2.24) is 4.90 Å². The molecule has 0 fully saturated rings. The van der Waals surface area contributed by atoms with E-state index in [9.17, 15) is 9.59 Å². The molecule has 1 aromatic rings. The van der Waals surface area contributed by atoms with Gasteiger partial charge in [-0.2, -0.15) is 0 Å². The molecule has 0 atom stereocenters. The van der Waals surface area contributed by atoms with Crippen LogP contribution in [0, 0.1) is 13.8 Å². The maximum Gasteiger partial charge on any atom is 0.305 e. The van der Waals surface area contributed by atoms with Crippen LogP contribution in [-0.4, -0.2) is 41.6 Å². The molecule has 0 spiro atoms. The SMILES string of the molecule is C=CCN(CCC(=O)O)C(=O)COc1c(C)cccc1C. The summed E-state index contributed by atoms with van der Waals surface area (Å²) in [6.45, 7) is 7.75. The van der Waals surface area contributed by atoms with Crippen LogP contribution in [0.5, 0.6) is 5.75 Å². The molecule has 0 saturated carbocycles. The van der Waals surface area contributed by atoms with Gasteiger partial charge >= 0.3 is 5.97 Å². The van der Waals surface area contributed by atoms with Crippen LogP contribution in [0.2, 0.25) is 0 Å². The Hall–Kier alpha value is -2.30. The fourth-order valence-corrected chi connectivity index (χ4v) is 1.96. The van der Waals surface area contributed by atoms with Gasteiger partial charge in [-0.1, -0.05) is 24.3 Å². The Morgan fingerprint density at radius 1 is 1.33 bits per heavy atom. The van der Waals surface area contributed by atoms with E-state index in [1.165, 1.54) is 4.90 Å². The van der Waals surface area contributed by atoms with Gasteiger partial charge in [0.25, 0.3) is 5.91 Å². The summed E-state index contributed by atoms with van der Waals surface area (Å²) in [7, 11) is 0. The van der Waals surface area contributed by atoms with Crippen LogP contribution < -0.4 is 4.74 Å². The number of para-hydroxylation sites is 1. The molecule has 21 heavy (non-hydrogen) atoms. The van der Waals surface area contributed by atoms with Crippen LogP contribution in [0.15, 0.2) is 30.9 Å². The molecule has 0 aromatic heterocycles. The summed E-state index contributed by atoms with van der Waals surface area (Å²) < 4.78 is 5.59. The van der Waals surface area contributed by atoms with E-state index < -0.39 is 5.97 Å². The Balaban J connectivity index is 2.64. The van der Waals surface area contributed by atoms with Crippen LogP contribution in [-0.2, 0) is 9.59 Å². The van der Waals surface area contributed by atoms with Gasteiger partial charge in [0, 0.05) is 13.1 Å². The highest BCUT2D eigenvalue weighted by Crippen LogP contribution is 2.22. The van der Waals surface area contributed by atoms with Gasteiger partial charge in [0.15, 0.2) is 6.61 Å². The van der Waals surface area contributed by atoms with Crippen molar-refractivity contribution in [3.8, 4) is 5.75 Å². The number of aryl methyl sites for hydroxylation is 2. The second-order valence-corrected chi connectivity index (χ2v) is 4.78. The molecule has 0 bridgehead atoms. The Kier molecular flexibility index (Phi) is 6.46. The van der Waals surface area contributed by atoms with Crippen LogP contribution in [0.3, 0.4) is 0 Å². The molecule has 0 unspecified atom stereocenters. The van der Waals surface area contributed by atoms with Gasteiger partial charge in [0.2, 0.25) is 0 Å². The lowest BCUT2D eigenvalue weighted by Crippen LogP contribution is -2.36. The summed E-state index contributed by atoms with van der Waals surface area (Å²) in [5, 5.41) is 8.70. The van der Waals surface area contributed by atoms with E-state index in [4.69, 9.17) is 9.84 Å². The monoisotopic (exact) mass is 291 g/mol. The average molecular weight is 291 g/mol. The van der Waals surface area contributed by atoms with Gasteiger partial charge < -0.3 is 14.7 Å². The lowest BCUT2D eigenvalue weighted by Gasteiger charge is -2.21. The first kappa shape index (κ1) is 16.8. The fourth-order valence-electron chi connectivity index (χ4n) is 1.96. The van der Waals surface area contributed by atoms with E-state index in [0.29, 0.717) is 12.3 Å². The zero-order valence-electron chi connectivity index (χ0n) is 12.5. The van der Waals surface area contributed by atoms with Crippen molar-refractivity contribution in [3.63, 3.8) is 0 Å². The number of hydrogen-bond donors (Lipinski definition) is 1. The molecule has 5 nitrogen and oxygen atoms in total. The molecular formula is C16H21NO4. The number of aliphatic carboxylic acids is 1. The third-order valence-electron chi connectivity index (χ3n) is 3.05. The average Bonchev–Trinajstić information content (AvgIpc) is 2.42. The van der Waals surface area contributed by atoms with Crippen molar-refractivity contribution in [2.75, 3.05) is 19.7 Å². The van der Waals surface area contributed by atoms with Crippen molar-refractivity contribution in [2.24, 2.45) is 0 Å². The van der Waals surface area contributed by atoms with E-state index in [1.54, 1.807) is 6.08 Å². The number of carboxylic acids is 1. The fraction of sp³-hybridized carbons (Fsp3) is 0.375. The first-order chi connectivity index (χ1) is 9.95. The van der Waals surface area contributed by atoms with Gasteiger partial charge in [-0.25, -0.2) is 0 Å². The maximum absolute atomic E-state index is 12.1. The zero-order chi connectivity index (χ0) is 15.8. The minimum Gasteiger partial charge on any atom is -0.483 e. The molecule has 0 saturated heterocycles.